The molecule has 1 aromatic rings. The summed E-state index contributed by atoms with van der Waals surface area (Å²) < 4.78 is 6.61. The number of rotatable bonds is 6. The molecule has 0 fully saturated rings. The highest BCUT2D eigenvalue weighted by molar-refractivity contribution is 6.74. The maximum Gasteiger partial charge on any atom is 0.192 e. The second kappa shape index (κ2) is 8.55. The third kappa shape index (κ3) is 6.38. The molecule has 0 amide bonds. The summed E-state index contributed by atoms with van der Waals surface area (Å²) in [6, 6.07) is 10.7. The maximum absolute atomic E-state index is 6.61. The van der Waals surface area contributed by atoms with Crippen LogP contribution in [0.2, 0.25) is 18.1 Å². The zero-order valence-electron chi connectivity index (χ0n) is 15.2. The summed E-state index contributed by atoms with van der Waals surface area (Å²) >= 11 is 0. The van der Waals surface area contributed by atoms with Gasteiger partial charge in [-0.25, -0.2) is 0 Å². The van der Waals surface area contributed by atoms with Crippen molar-refractivity contribution in [3.05, 3.63) is 35.9 Å². The van der Waals surface area contributed by atoms with Crippen LogP contribution in [-0.4, -0.2) is 14.4 Å². The van der Waals surface area contributed by atoms with E-state index >= 15 is 0 Å². The van der Waals surface area contributed by atoms with Crippen LogP contribution in [0.25, 0.3) is 0 Å². The van der Waals surface area contributed by atoms with E-state index in [2.05, 4.69) is 83.0 Å². The van der Waals surface area contributed by atoms with E-state index in [1.165, 1.54) is 5.56 Å². The predicted molar refractivity (Wildman–Crippen MR) is 99.5 cm³/mol. The third-order valence-electron chi connectivity index (χ3n) is 4.50. The van der Waals surface area contributed by atoms with Crippen molar-refractivity contribution in [3.63, 3.8) is 0 Å². The van der Waals surface area contributed by atoms with E-state index in [4.69, 9.17) is 4.43 Å². The van der Waals surface area contributed by atoms with Crippen LogP contribution in [0.15, 0.2) is 30.3 Å². The summed E-state index contributed by atoms with van der Waals surface area (Å²) in [5.74, 6) is 6.48. The van der Waals surface area contributed by atoms with Crippen LogP contribution >= 0.6 is 0 Å². The molecule has 0 aliphatic heterocycles. The van der Waals surface area contributed by atoms with Crippen LogP contribution in [0.4, 0.5) is 0 Å². The van der Waals surface area contributed by atoms with Gasteiger partial charge in [0, 0.05) is 12.8 Å². The molecule has 1 aromatic carbocycles. The third-order valence-corrected chi connectivity index (χ3v) is 9.03. The minimum Gasteiger partial charge on any atom is -0.413 e. The van der Waals surface area contributed by atoms with Crippen molar-refractivity contribution in [1.29, 1.82) is 0 Å². The van der Waals surface area contributed by atoms with Crippen molar-refractivity contribution >= 4 is 8.32 Å². The predicted octanol–water partition coefficient (Wildman–Crippen LogP) is 5.81. The lowest BCUT2D eigenvalue weighted by molar-refractivity contribution is 0.176. The molecule has 0 radical (unpaired) electrons. The second-order valence-electron chi connectivity index (χ2n) is 7.44. The second-order valence-corrected chi connectivity index (χ2v) is 12.2. The van der Waals surface area contributed by atoms with Crippen molar-refractivity contribution in [2.75, 3.05) is 0 Å². The largest absolute Gasteiger partial charge is 0.413 e. The summed E-state index contributed by atoms with van der Waals surface area (Å²) in [6.45, 7) is 13.6. The Morgan fingerprint density at radius 2 is 1.73 bits per heavy atom. The van der Waals surface area contributed by atoms with Crippen LogP contribution in [0.5, 0.6) is 0 Å². The van der Waals surface area contributed by atoms with Gasteiger partial charge in [-0.3, -0.25) is 0 Å². The number of hydrogen-bond donors (Lipinski definition) is 0. The van der Waals surface area contributed by atoms with Crippen molar-refractivity contribution < 1.29 is 4.43 Å². The summed E-state index contributed by atoms with van der Waals surface area (Å²) in [7, 11) is -1.73. The first-order valence-electron chi connectivity index (χ1n) is 8.43. The van der Waals surface area contributed by atoms with Gasteiger partial charge in [-0.05, 0) is 36.5 Å². The van der Waals surface area contributed by atoms with E-state index in [0.29, 0.717) is 0 Å². The molecule has 1 rings (SSSR count). The molecule has 22 heavy (non-hydrogen) atoms. The van der Waals surface area contributed by atoms with Crippen LogP contribution < -0.4 is 0 Å². The molecule has 0 heterocycles. The average Bonchev–Trinajstić information content (AvgIpc) is 2.44. The maximum atomic E-state index is 6.61. The summed E-state index contributed by atoms with van der Waals surface area (Å²) in [5.41, 5.74) is 1.38. The van der Waals surface area contributed by atoms with Gasteiger partial charge in [-0.15, -0.1) is 11.8 Å². The van der Waals surface area contributed by atoms with Crippen LogP contribution in [0, 0.1) is 11.8 Å². The van der Waals surface area contributed by atoms with Crippen molar-refractivity contribution in [2.45, 2.75) is 77.6 Å². The van der Waals surface area contributed by atoms with Gasteiger partial charge in [0.2, 0.25) is 0 Å². The Balaban J connectivity index is 2.71. The van der Waals surface area contributed by atoms with Gasteiger partial charge in [-0.2, -0.15) is 0 Å². The monoisotopic (exact) mass is 316 g/mol. The summed E-state index contributed by atoms with van der Waals surface area (Å²) in [5, 5.41) is 0.246. The van der Waals surface area contributed by atoms with Gasteiger partial charge in [0.15, 0.2) is 8.32 Å². The fraction of sp³-hybridized carbons (Fsp3) is 0.600. The first-order valence-corrected chi connectivity index (χ1v) is 11.3. The van der Waals surface area contributed by atoms with E-state index in [0.717, 1.165) is 25.7 Å². The van der Waals surface area contributed by atoms with E-state index in [1.807, 2.05) is 0 Å². The molecule has 122 valence electrons. The van der Waals surface area contributed by atoms with E-state index in [-0.39, 0.29) is 11.1 Å². The van der Waals surface area contributed by atoms with Gasteiger partial charge in [0.25, 0.3) is 0 Å². The Hall–Kier alpha value is -1.04. The molecule has 0 saturated heterocycles. The Kier molecular flexibility index (Phi) is 7.39. The van der Waals surface area contributed by atoms with Crippen LogP contribution in [0.3, 0.4) is 0 Å². The van der Waals surface area contributed by atoms with Gasteiger partial charge >= 0.3 is 0 Å². The van der Waals surface area contributed by atoms with Gasteiger partial charge in [-0.1, -0.05) is 58.0 Å². The normalized spacial score (nSPS) is 13.4. The molecule has 1 atom stereocenters. The molecular formula is C20H32OSi. The quantitative estimate of drug-likeness (QED) is 0.475. The fourth-order valence-corrected chi connectivity index (χ4v) is 3.47. The van der Waals surface area contributed by atoms with E-state index in [9.17, 15) is 0 Å². The van der Waals surface area contributed by atoms with Crippen molar-refractivity contribution in [1.82, 2.24) is 0 Å². The Bertz CT molecular complexity index is 488. The Morgan fingerprint density at radius 3 is 2.27 bits per heavy atom. The molecule has 1 nitrogen and oxygen atoms in total. The van der Waals surface area contributed by atoms with Gasteiger partial charge < -0.3 is 4.43 Å². The fourth-order valence-electron chi connectivity index (χ4n) is 2.08. The molecule has 0 aliphatic carbocycles. The average molecular weight is 317 g/mol. The molecule has 0 unspecified atom stereocenters. The topological polar surface area (TPSA) is 9.23 Å². The van der Waals surface area contributed by atoms with Crippen molar-refractivity contribution in [2.24, 2.45) is 0 Å². The van der Waals surface area contributed by atoms with Crippen LogP contribution in [-0.2, 0) is 10.8 Å². The first-order chi connectivity index (χ1) is 10.3. The first kappa shape index (κ1) is 19.0. The molecule has 0 aromatic heterocycles. The Labute approximate surface area is 138 Å². The summed E-state index contributed by atoms with van der Waals surface area (Å²) in [4.78, 5) is 0. The highest BCUT2D eigenvalue weighted by Gasteiger charge is 2.38. The lowest BCUT2D eigenvalue weighted by Gasteiger charge is -2.39. The lowest BCUT2D eigenvalue weighted by atomic mass is 10.1. The molecule has 0 N–H and O–H groups in total. The number of hydrogen-bond acceptors (Lipinski definition) is 1. The van der Waals surface area contributed by atoms with Crippen LogP contribution in [0.1, 0.15) is 52.5 Å². The van der Waals surface area contributed by atoms with E-state index < -0.39 is 8.32 Å². The zero-order valence-corrected chi connectivity index (χ0v) is 16.2. The van der Waals surface area contributed by atoms with E-state index in [1.54, 1.807) is 0 Å². The molecule has 0 bridgehead atoms. The zero-order chi connectivity index (χ0) is 16.6. The molecule has 2 heteroatoms. The highest BCUT2D eigenvalue weighted by Crippen LogP contribution is 2.38. The lowest BCUT2D eigenvalue weighted by Crippen LogP contribution is -2.44. The van der Waals surface area contributed by atoms with Crippen molar-refractivity contribution in [3.8, 4) is 11.8 Å². The number of aryl methyl sites for hydroxylation is 1. The standard InChI is InChI=1S/C20H32OSi/c1-7-8-10-15-19(21-22(5,6)20(2,3)4)17-16-18-13-11-9-12-14-18/h9,11-14,19H,7,15-17H2,1-6H3/t19-/m0/s1. The highest BCUT2D eigenvalue weighted by atomic mass is 28.4. The molecular weight excluding hydrogens is 284 g/mol. The minimum absolute atomic E-state index is 0.246. The number of benzene rings is 1. The molecule has 0 spiro atoms. The Morgan fingerprint density at radius 1 is 1.09 bits per heavy atom. The summed E-state index contributed by atoms with van der Waals surface area (Å²) in [6.07, 6.45) is 4.14. The smallest absolute Gasteiger partial charge is 0.192 e. The molecule has 0 aliphatic rings. The van der Waals surface area contributed by atoms with Gasteiger partial charge in [0.05, 0.1) is 6.10 Å². The minimum atomic E-state index is -1.73. The molecule has 0 saturated carbocycles. The SMILES string of the molecule is CCC#CC[C@@H](CCc1ccccc1)O[Si](C)(C)C(C)(C)C. The van der Waals surface area contributed by atoms with Gasteiger partial charge in [0.1, 0.15) is 0 Å².